The lowest BCUT2D eigenvalue weighted by Gasteiger charge is -2.26. The number of halogens is 6. The molecule has 0 N–H and O–H groups in total. The molecule has 2 aliphatic carbocycles. The first-order valence-electron chi connectivity index (χ1n) is 18.2. The lowest BCUT2D eigenvalue weighted by atomic mass is 9.94. The molecule has 276 valence electrons. The fourth-order valence-corrected chi connectivity index (χ4v) is 7.93. The fraction of sp³-hybridized carbons (Fsp3) is 0.0833. The first-order valence-corrected chi connectivity index (χ1v) is 18.2. The summed E-state index contributed by atoms with van der Waals surface area (Å²) in [4.78, 5) is 3.92. The second kappa shape index (κ2) is 13.6. The Hall–Kier alpha value is -6.54. The molecule has 0 aliphatic heterocycles. The Balaban J connectivity index is 0.969. The van der Waals surface area contributed by atoms with Crippen molar-refractivity contribution in [1.82, 2.24) is 0 Å². The average molecular weight is 751 g/mol. The van der Waals surface area contributed by atoms with Crippen LogP contribution in [0.2, 0.25) is 0 Å². The number of benzene rings is 7. The van der Waals surface area contributed by atoms with Gasteiger partial charge in [0, 0.05) is 34.1 Å². The summed E-state index contributed by atoms with van der Waals surface area (Å²) in [5.41, 5.74) is 12.8. The summed E-state index contributed by atoms with van der Waals surface area (Å²) in [6.45, 7) is 0. The summed E-state index contributed by atoms with van der Waals surface area (Å²) in [5.74, 6) is 0. The number of rotatable bonds is 7. The fourth-order valence-electron chi connectivity index (χ4n) is 7.93. The quantitative estimate of drug-likeness (QED) is 0.150. The van der Waals surface area contributed by atoms with Crippen LogP contribution in [-0.2, 0) is 25.2 Å². The monoisotopic (exact) mass is 750 g/mol. The van der Waals surface area contributed by atoms with Crippen molar-refractivity contribution in [2.75, 3.05) is 9.80 Å². The molecule has 0 fully saturated rings. The summed E-state index contributed by atoms with van der Waals surface area (Å²) in [5, 5.41) is 0. The van der Waals surface area contributed by atoms with Gasteiger partial charge in [0.15, 0.2) is 0 Å². The summed E-state index contributed by atoms with van der Waals surface area (Å²) >= 11 is 0. The third-order valence-electron chi connectivity index (χ3n) is 10.6. The van der Waals surface area contributed by atoms with E-state index in [-0.39, 0.29) is 0 Å². The first kappa shape index (κ1) is 35.2. The van der Waals surface area contributed by atoms with Crippen LogP contribution < -0.4 is 9.80 Å². The summed E-state index contributed by atoms with van der Waals surface area (Å²) in [6.07, 6.45) is -7.28. The van der Waals surface area contributed by atoms with Crippen LogP contribution in [0.5, 0.6) is 0 Å². The zero-order chi connectivity index (χ0) is 38.6. The summed E-state index contributed by atoms with van der Waals surface area (Å²) < 4.78 is 80.1. The number of alkyl halides is 6. The van der Waals surface area contributed by atoms with E-state index in [0.717, 1.165) is 71.0 Å². The third-order valence-corrected chi connectivity index (χ3v) is 10.6. The van der Waals surface area contributed by atoms with Gasteiger partial charge in [-0.25, -0.2) is 0 Å². The zero-order valence-electron chi connectivity index (χ0n) is 29.7. The van der Waals surface area contributed by atoms with E-state index in [1.54, 1.807) is 0 Å². The van der Waals surface area contributed by atoms with Gasteiger partial charge in [0.1, 0.15) is 0 Å². The van der Waals surface area contributed by atoms with E-state index in [9.17, 15) is 26.3 Å². The van der Waals surface area contributed by atoms with E-state index >= 15 is 0 Å². The second-order valence-electron chi connectivity index (χ2n) is 14.0. The van der Waals surface area contributed by atoms with E-state index in [1.165, 1.54) is 57.7 Å². The maximum atomic E-state index is 13.4. The number of fused-ring (bicyclic) bond motifs is 4. The number of para-hydroxylation sites is 2. The highest BCUT2D eigenvalue weighted by molar-refractivity contribution is 6.03. The molecular formula is C48H32F6N2. The smallest absolute Gasteiger partial charge is 0.311 e. The molecule has 0 saturated carbocycles. The lowest BCUT2D eigenvalue weighted by molar-refractivity contribution is -0.138. The predicted octanol–water partition coefficient (Wildman–Crippen LogP) is 14.4. The Morgan fingerprint density at radius 1 is 0.339 bits per heavy atom. The second-order valence-corrected chi connectivity index (χ2v) is 14.0. The van der Waals surface area contributed by atoms with E-state index in [4.69, 9.17) is 0 Å². The molecule has 8 heteroatoms. The molecular weight excluding hydrogens is 719 g/mol. The highest BCUT2D eigenvalue weighted by Crippen LogP contribution is 2.49. The predicted molar refractivity (Wildman–Crippen MR) is 212 cm³/mol. The molecule has 0 bridgehead atoms. The Morgan fingerprint density at radius 2 is 0.696 bits per heavy atom. The van der Waals surface area contributed by atoms with Crippen molar-refractivity contribution < 1.29 is 26.3 Å². The summed E-state index contributed by atoms with van der Waals surface area (Å²) in [7, 11) is 0. The molecule has 0 radical (unpaired) electrons. The number of hydrogen-bond donors (Lipinski definition) is 0. The van der Waals surface area contributed by atoms with Crippen molar-refractivity contribution in [2.24, 2.45) is 0 Å². The van der Waals surface area contributed by atoms with Gasteiger partial charge in [0.2, 0.25) is 0 Å². The molecule has 0 spiro atoms. The van der Waals surface area contributed by atoms with Gasteiger partial charge >= 0.3 is 12.4 Å². The topological polar surface area (TPSA) is 6.48 Å². The van der Waals surface area contributed by atoms with Crippen LogP contribution in [0, 0.1) is 0 Å². The molecule has 0 unspecified atom stereocenters. The number of anilines is 6. The van der Waals surface area contributed by atoms with Gasteiger partial charge in [-0.05, 0) is 154 Å². The van der Waals surface area contributed by atoms with Crippen molar-refractivity contribution in [2.45, 2.75) is 25.2 Å². The van der Waals surface area contributed by atoms with Crippen LogP contribution in [0.4, 0.5) is 60.5 Å². The highest BCUT2D eigenvalue weighted by Gasteiger charge is 2.33. The van der Waals surface area contributed by atoms with Crippen molar-refractivity contribution >= 4 is 45.3 Å². The molecule has 0 atom stereocenters. The molecule has 0 aromatic heterocycles. The Bertz CT molecular complexity index is 2570. The van der Waals surface area contributed by atoms with Gasteiger partial charge in [0.25, 0.3) is 0 Å². The molecule has 0 saturated heterocycles. The van der Waals surface area contributed by atoms with E-state index in [1.807, 2.05) is 101 Å². The number of hydrogen-bond acceptors (Lipinski definition) is 2. The van der Waals surface area contributed by atoms with Crippen molar-refractivity contribution in [3.8, 4) is 11.1 Å². The molecule has 2 nitrogen and oxygen atoms in total. The Labute approximate surface area is 320 Å². The maximum Gasteiger partial charge on any atom is 0.416 e. The molecule has 0 amide bonds. The van der Waals surface area contributed by atoms with E-state index < -0.39 is 23.5 Å². The number of nitrogens with zero attached hydrogens (tertiary/aromatic N) is 2. The molecule has 0 heterocycles. The standard InChI is InChI=1S/C48H32F6N2/c49-47(50,51)35-14-20-40(21-15-35)55(37-7-3-1-4-8-37)39-18-11-31(12-19-39)32-13-25-43-33(27-32)29-45-44-26-24-42(28-34(44)30-46(43)45)56(38-9-5-2-6-10-38)41-22-16-36(17-23-41)48(52,53)54/h1-28H,29-30H2. The van der Waals surface area contributed by atoms with Crippen LogP contribution in [0.15, 0.2) is 170 Å². The first-order chi connectivity index (χ1) is 27.0. The Kier molecular flexibility index (Phi) is 8.57. The third kappa shape index (κ3) is 6.51. The van der Waals surface area contributed by atoms with Crippen LogP contribution in [0.3, 0.4) is 0 Å². The van der Waals surface area contributed by atoms with Crippen molar-refractivity contribution in [3.63, 3.8) is 0 Å². The molecule has 7 aromatic rings. The lowest BCUT2D eigenvalue weighted by Crippen LogP contribution is -2.11. The minimum Gasteiger partial charge on any atom is -0.311 e. The van der Waals surface area contributed by atoms with Crippen LogP contribution >= 0.6 is 0 Å². The zero-order valence-corrected chi connectivity index (χ0v) is 29.7. The van der Waals surface area contributed by atoms with Gasteiger partial charge in [-0.1, -0.05) is 72.8 Å². The van der Waals surface area contributed by atoms with Crippen molar-refractivity contribution in [1.29, 1.82) is 0 Å². The minimum absolute atomic E-state index is 0.620. The van der Waals surface area contributed by atoms with E-state index in [0.29, 0.717) is 11.4 Å². The Morgan fingerprint density at radius 3 is 1.16 bits per heavy atom. The van der Waals surface area contributed by atoms with Crippen LogP contribution in [0.1, 0.15) is 33.4 Å². The van der Waals surface area contributed by atoms with Gasteiger partial charge in [-0.3, -0.25) is 0 Å². The maximum absolute atomic E-state index is 13.4. The van der Waals surface area contributed by atoms with Crippen LogP contribution in [-0.4, -0.2) is 0 Å². The van der Waals surface area contributed by atoms with Gasteiger partial charge < -0.3 is 9.80 Å². The molecule has 7 aromatic carbocycles. The van der Waals surface area contributed by atoms with Gasteiger partial charge in [-0.15, -0.1) is 0 Å². The largest absolute Gasteiger partial charge is 0.416 e. The molecule has 56 heavy (non-hydrogen) atoms. The molecule has 9 rings (SSSR count). The number of allylic oxidation sites excluding steroid dienone is 2. The van der Waals surface area contributed by atoms with Crippen molar-refractivity contribution in [3.05, 3.63) is 203 Å². The van der Waals surface area contributed by atoms with Crippen LogP contribution in [0.25, 0.3) is 22.3 Å². The van der Waals surface area contributed by atoms with E-state index in [2.05, 4.69) is 30.3 Å². The minimum atomic E-state index is -4.42. The van der Waals surface area contributed by atoms with Gasteiger partial charge in [-0.2, -0.15) is 26.3 Å². The SMILES string of the molecule is FC(F)(F)c1ccc(N(c2ccccc2)c2ccc(-c3ccc4c(c3)CC3=C4Cc4cc(N(c5ccccc5)c5ccc(C(F)(F)F)cc5)ccc43)cc2)cc1. The normalized spacial score (nSPS) is 13.3. The molecule has 2 aliphatic rings. The summed E-state index contributed by atoms with van der Waals surface area (Å²) in [6, 6.07) is 50.6. The highest BCUT2D eigenvalue weighted by atomic mass is 19.4. The van der Waals surface area contributed by atoms with Gasteiger partial charge in [0.05, 0.1) is 11.1 Å². The average Bonchev–Trinajstić information content (AvgIpc) is 3.74.